The number of benzene rings is 2. The van der Waals surface area contributed by atoms with E-state index >= 15 is 0 Å². The van der Waals surface area contributed by atoms with E-state index in [1.807, 2.05) is 0 Å². The van der Waals surface area contributed by atoms with Crippen molar-refractivity contribution in [3.8, 4) is 11.5 Å². The molecule has 2 rings (SSSR count). The Morgan fingerprint density at radius 2 is 1.44 bits per heavy atom. The van der Waals surface area contributed by atoms with Crippen LogP contribution in [0.4, 0.5) is 0 Å². The predicted octanol–water partition coefficient (Wildman–Crippen LogP) is 0.849. The molecule has 4 N–H and O–H groups in total. The summed E-state index contributed by atoms with van der Waals surface area (Å²) in [6, 6.07) is 11.5. The number of rotatable bonds is 8. The summed E-state index contributed by atoms with van der Waals surface area (Å²) < 4.78 is 10.3. The van der Waals surface area contributed by atoms with E-state index in [2.05, 4.69) is 10.6 Å². The van der Waals surface area contributed by atoms with E-state index in [0.29, 0.717) is 22.6 Å². The molecule has 0 heterocycles. The number of hydrogen-bond donors (Lipinski definition) is 3. The van der Waals surface area contributed by atoms with Gasteiger partial charge in [-0.25, -0.2) is 0 Å². The molecule has 0 aliphatic heterocycles. The fraction of sp³-hybridized carbons (Fsp3) is 0.211. The Morgan fingerprint density at radius 1 is 0.852 bits per heavy atom. The minimum atomic E-state index is -0.613. The van der Waals surface area contributed by atoms with Crippen LogP contribution in [0.15, 0.2) is 42.5 Å². The molecule has 0 bridgehead atoms. The van der Waals surface area contributed by atoms with E-state index in [0.717, 1.165) is 5.56 Å². The number of hydrogen-bond acceptors (Lipinski definition) is 5. The molecule has 8 nitrogen and oxygen atoms in total. The maximum atomic E-state index is 12.3. The number of ether oxygens (including phenoxy) is 2. The van der Waals surface area contributed by atoms with Crippen LogP contribution in [-0.4, -0.2) is 38.5 Å². The van der Waals surface area contributed by atoms with E-state index < -0.39 is 11.8 Å². The van der Waals surface area contributed by atoms with Crippen molar-refractivity contribution in [3.63, 3.8) is 0 Å². The topological polar surface area (TPSA) is 120 Å². The molecule has 142 valence electrons. The van der Waals surface area contributed by atoms with Gasteiger partial charge in [0.05, 0.1) is 20.8 Å². The Hall–Kier alpha value is -3.55. The third kappa shape index (κ3) is 5.46. The van der Waals surface area contributed by atoms with Gasteiger partial charge in [-0.15, -0.1) is 0 Å². The van der Waals surface area contributed by atoms with Gasteiger partial charge in [0, 0.05) is 17.7 Å². The predicted molar refractivity (Wildman–Crippen MR) is 98.7 cm³/mol. The van der Waals surface area contributed by atoms with Crippen molar-refractivity contribution in [3.05, 3.63) is 59.2 Å². The maximum absolute atomic E-state index is 12.3. The Morgan fingerprint density at radius 3 is 2.04 bits per heavy atom. The molecule has 0 spiro atoms. The summed E-state index contributed by atoms with van der Waals surface area (Å²) in [5, 5.41) is 5.20. The molecule has 8 heteroatoms. The van der Waals surface area contributed by atoms with Gasteiger partial charge < -0.3 is 25.8 Å². The normalized spacial score (nSPS) is 10.0. The minimum Gasteiger partial charge on any atom is -0.493 e. The smallest absolute Gasteiger partial charge is 0.251 e. The van der Waals surface area contributed by atoms with Crippen LogP contribution in [0, 0.1) is 0 Å². The van der Waals surface area contributed by atoms with Gasteiger partial charge in [0.15, 0.2) is 11.5 Å². The van der Waals surface area contributed by atoms with E-state index in [4.69, 9.17) is 15.2 Å². The number of methoxy groups -OCH3 is 2. The van der Waals surface area contributed by atoms with Gasteiger partial charge in [-0.1, -0.05) is 12.1 Å². The summed E-state index contributed by atoms with van der Waals surface area (Å²) in [5.74, 6) is -0.262. The first-order valence-corrected chi connectivity index (χ1v) is 8.10. The number of nitrogens with one attached hydrogen (secondary N) is 2. The van der Waals surface area contributed by atoms with Gasteiger partial charge in [0.2, 0.25) is 5.91 Å². The molecular weight excluding hydrogens is 350 g/mol. The third-order valence-electron chi connectivity index (χ3n) is 3.74. The Bertz CT molecular complexity index is 834. The van der Waals surface area contributed by atoms with Crippen LogP contribution < -0.4 is 25.8 Å². The van der Waals surface area contributed by atoms with Crippen LogP contribution in [-0.2, 0) is 11.3 Å². The average molecular weight is 371 g/mol. The van der Waals surface area contributed by atoms with Crippen LogP contribution in [0.25, 0.3) is 0 Å². The molecule has 0 saturated carbocycles. The minimum absolute atomic E-state index is 0.220. The SMILES string of the molecule is COc1ccc(C(=O)NCc2ccc(C(=O)NCC(N)=O)cc2)cc1OC. The average Bonchev–Trinajstić information content (AvgIpc) is 2.69. The lowest BCUT2D eigenvalue weighted by molar-refractivity contribution is -0.117. The van der Waals surface area contributed by atoms with Crippen LogP contribution in [0.5, 0.6) is 11.5 Å². The fourth-order valence-electron chi connectivity index (χ4n) is 2.31. The standard InChI is InChI=1S/C19H21N3O5/c1-26-15-8-7-14(9-16(15)27-2)19(25)21-10-12-3-5-13(6-4-12)18(24)22-11-17(20)23/h3-9H,10-11H2,1-2H3,(H2,20,23)(H,21,25)(H,22,24). The summed E-state index contributed by atoms with van der Waals surface area (Å²) >= 11 is 0. The fourth-order valence-corrected chi connectivity index (χ4v) is 2.31. The van der Waals surface area contributed by atoms with Crippen LogP contribution >= 0.6 is 0 Å². The molecule has 0 radical (unpaired) electrons. The first-order valence-electron chi connectivity index (χ1n) is 8.10. The van der Waals surface area contributed by atoms with Crippen molar-refractivity contribution >= 4 is 17.7 Å². The van der Waals surface area contributed by atoms with Crippen molar-refractivity contribution in [1.29, 1.82) is 0 Å². The molecule has 0 aromatic heterocycles. The zero-order valence-electron chi connectivity index (χ0n) is 15.1. The van der Waals surface area contributed by atoms with Gasteiger partial charge in [-0.3, -0.25) is 14.4 Å². The van der Waals surface area contributed by atoms with E-state index in [1.54, 1.807) is 42.5 Å². The Labute approximate surface area is 156 Å². The zero-order chi connectivity index (χ0) is 19.8. The molecule has 0 saturated heterocycles. The Kier molecular flexibility index (Phi) is 6.76. The summed E-state index contributed by atoms with van der Waals surface area (Å²) in [7, 11) is 3.02. The third-order valence-corrected chi connectivity index (χ3v) is 3.74. The van der Waals surface area contributed by atoms with E-state index in [9.17, 15) is 14.4 Å². The molecule has 0 atom stereocenters. The van der Waals surface area contributed by atoms with Crippen LogP contribution in [0.2, 0.25) is 0 Å². The molecule has 3 amide bonds. The summed E-state index contributed by atoms with van der Waals surface area (Å²) in [6.07, 6.45) is 0. The lowest BCUT2D eigenvalue weighted by Gasteiger charge is -2.10. The largest absolute Gasteiger partial charge is 0.493 e. The maximum Gasteiger partial charge on any atom is 0.251 e. The van der Waals surface area contributed by atoms with Crippen molar-refractivity contribution in [1.82, 2.24) is 10.6 Å². The summed E-state index contributed by atoms with van der Waals surface area (Å²) in [5.41, 5.74) is 6.63. The number of primary amides is 1. The lowest BCUT2D eigenvalue weighted by Crippen LogP contribution is -2.33. The molecule has 0 fully saturated rings. The molecule has 2 aromatic carbocycles. The van der Waals surface area contributed by atoms with Crippen LogP contribution in [0.3, 0.4) is 0 Å². The number of carbonyl (C=O) groups is 3. The lowest BCUT2D eigenvalue weighted by atomic mass is 10.1. The van der Waals surface area contributed by atoms with Gasteiger partial charge in [0.25, 0.3) is 11.8 Å². The molecular formula is C19H21N3O5. The van der Waals surface area contributed by atoms with Gasteiger partial charge in [0.1, 0.15) is 0 Å². The van der Waals surface area contributed by atoms with E-state index in [-0.39, 0.29) is 19.0 Å². The first-order chi connectivity index (χ1) is 12.9. The van der Waals surface area contributed by atoms with Crippen molar-refractivity contribution in [2.45, 2.75) is 6.54 Å². The van der Waals surface area contributed by atoms with Crippen molar-refractivity contribution in [2.75, 3.05) is 20.8 Å². The Balaban J connectivity index is 1.95. The second-order valence-electron chi connectivity index (χ2n) is 5.60. The quantitative estimate of drug-likeness (QED) is 0.635. The van der Waals surface area contributed by atoms with E-state index in [1.165, 1.54) is 14.2 Å². The summed E-state index contributed by atoms with van der Waals surface area (Å²) in [4.78, 5) is 34.8. The number of nitrogens with two attached hydrogens (primary N) is 1. The highest BCUT2D eigenvalue weighted by Crippen LogP contribution is 2.27. The number of amides is 3. The van der Waals surface area contributed by atoms with Gasteiger partial charge in [-0.2, -0.15) is 0 Å². The molecule has 2 aromatic rings. The van der Waals surface area contributed by atoms with Gasteiger partial charge in [-0.05, 0) is 35.9 Å². The highest BCUT2D eigenvalue weighted by molar-refractivity contribution is 5.96. The first kappa shape index (κ1) is 19.8. The monoisotopic (exact) mass is 371 g/mol. The summed E-state index contributed by atoms with van der Waals surface area (Å²) in [6.45, 7) is 0.0678. The second-order valence-corrected chi connectivity index (χ2v) is 5.60. The molecule has 0 aliphatic rings. The second kappa shape index (κ2) is 9.23. The highest BCUT2D eigenvalue weighted by Gasteiger charge is 2.11. The van der Waals surface area contributed by atoms with Crippen molar-refractivity contribution < 1.29 is 23.9 Å². The number of carbonyl (C=O) groups excluding carboxylic acids is 3. The van der Waals surface area contributed by atoms with Crippen molar-refractivity contribution in [2.24, 2.45) is 5.73 Å². The highest BCUT2D eigenvalue weighted by atomic mass is 16.5. The van der Waals surface area contributed by atoms with Gasteiger partial charge >= 0.3 is 0 Å². The molecule has 0 unspecified atom stereocenters. The zero-order valence-corrected chi connectivity index (χ0v) is 15.1. The molecule has 27 heavy (non-hydrogen) atoms. The molecule has 0 aliphatic carbocycles. The van der Waals surface area contributed by atoms with Crippen LogP contribution in [0.1, 0.15) is 26.3 Å².